The molecular weight excluding hydrogens is 334 g/mol. The maximum absolute atomic E-state index is 12.7. The third-order valence-electron chi connectivity index (χ3n) is 5.23. The molecule has 24 heavy (non-hydrogen) atoms. The predicted molar refractivity (Wildman–Crippen MR) is 93.8 cm³/mol. The van der Waals surface area contributed by atoms with Crippen molar-refractivity contribution in [3.63, 3.8) is 0 Å². The molecule has 9 heteroatoms. The van der Waals surface area contributed by atoms with Crippen LogP contribution in [0.25, 0.3) is 0 Å². The number of aliphatic hydroxyl groups is 2. The minimum Gasteiger partial charge on any atom is -0.388 e. The Morgan fingerprint density at radius 2 is 1.79 bits per heavy atom. The summed E-state index contributed by atoms with van der Waals surface area (Å²) < 4.78 is 29.2. The molecule has 1 aliphatic heterocycles. The van der Waals surface area contributed by atoms with Gasteiger partial charge in [0.15, 0.2) is 5.34 Å². The Morgan fingerprint density at radius 1 is 1.25 bits per heavy atom. The normalized spacial score (nSPS) is 33.2. The number of hydrogen-bond acceptors (Lipinski definition) is 6. The molecule has 3 N–H and O–H groups in total. The van der Waals surface area contributed by atoms with E-state index in [1.165, 1.54) is 7.11 Å². The fourth-order valence-electron chi connectivity index (χ4n) is 3.13. The van der Waals surface area contributed by atoms with Gasteiger partial charge in [0.25, 0.3) is 0 Å². The van der Waals surface area contributed by atoms with Crippen LogP contribution in [-0.2, 0) is 18.6 Å². The van der Waals surface area contributed by atoms with Gasteiger partial charge < -0.3 is 29.1 Å². The van der Waals surface area contributed by atoms with Gasteiger partial charge in [-0.2, -0.15) is 0 Å². The summed E-state index contributed by atoms with van der Waals surface area (Å²) in [6, 6.07) is -0.278. The topological polar surface area (TPSA) is 105 Å². The van der Waals surface area contributed by atoms with Crippen LogP contribution in [0.15, 0.2) is 0 Å². The molecule has 0 aromatic rings. The summed E-state index contributed by atoms with van der Waals surface area (Å²) in [7, 11) is -0.958. The average Bonchev–Trinajstić information content (AvgIpc) is 2.78. The van der Waals surface area contributed by atoms with Gasteiger partial charge in [-0.05, 0) is 26.2 Å². The SMILES string of the molecule is B[C@@H]1O[C@H](CC(C)(CC)OP(=O)(O)C(O)(CC)CC)[C@@H](O)[C@H]1OC. The molecule has 1 aliphatic rings. The van der Waals surface area contributed by atoms with Crippen molar-refractivity contribution in [3.05, 3.63) is 0 Å². The van der Waals surface area contributed by atoms with Crippen LogP contribution in [0.3, 0.4) is 0 Å². The smallest absolute Gasteiger partial charge is 0.359 e. The van der Waals surface area contributed by atoms with Crippen LogP contribution in [0.5, 0.6) is 0 Å². The molecule has 0 bridgehead atoms. The highest BCUT2D eigenvalue weighted by Crippen LogP contribution is 2.60. The van der Waals surface area contributed by atoms with E-state index in [0.717, 1.165) is 0 Å². The zero-order chi connectivity index (χ0) is 18.8. The number of hydrogen-bond donors (Lipinski definition) is 3. The molecule has 0 spiro atoms. The molecule has 0 saturated carbocycles. The summed E-state index contributed by atoms with van der Waals surface area (Å²) in [5.74, 6) is 0. The van der Waals surface area contributed by atoms with E-state index in [0.29, 0.717) is 6.42 Å². The Morgan fingerprint density at radius 3 is 2.17 bits per heavy atom. The lowest BCUT2D eigenvalue weighted by molar-refractivity contribution is -0.0473. The molecule has 1 heterocycles. The number of ether oxygens (including phenoxy) is 2. The van der Waals surface area contributed by atoms with Gasteiger partial charge in [-0.1, -0.05) is 20.8 Å². The molecule has 142 valence electrons. The molecule has 1 rings (SSSR count). The summed E-state index contributed by atoms with van der Waals surface area (Å²) in [4.78, 5) is 10.3. The van der Waals surface area contributed by atoms with Crippen LogP contribution in [0.4, 0.5) is 0 Å². The van der Waals surface area contributed by atoms with Crippen molar-refractivity contribution in [1.82, 2.24) is 0 Å². The third kappa shape index (κ3) is 4.42. The van der Waals surface area contributed by atoms with Crippen molar-refractivity contribution < 1.29 is 33.7 Å². The van der Waals surface area contributed by atoms with Crippen molar-refractivity contribution in [2.75, 3.05) is 7.11 Å². The zero-order valence-corrected chi connectivity index (χ0v) is 16.5. The molecular formula is C15H32BO7P. The van der Waals surface area contributed by atoms with Gasteiger partial charge in [0.2, 0.25) is 0 Å². The molecule has 0 amide bonds. The zero-order valence-electron chi connectivity index (χ0n) is 15.6. The molecule has 0 aliphatic carbocycles. The van der Waals surface area contributed by atoms with E-state index in [1.807, 2.05) is 14.8 Å². The van der Waals surface area contributed by atoms with Crippen LogP contribution in [-0.4, -0.2) is 65.3 Å². The summed E-state index contributed by atoms with van der Waals surface area (Å²) in [6.45, 7) is 6.82. The molecule has 0 aromatic heterocycles. The molecule has 0 radical (unpaired) electrons. The van der Waals surface area contributed by atoms with E-state index < -0.39 is 36.9 Å². The minimum absolute atomic E-state index is 0.114. The second-order valence-corrected chi connectivity index (χ2v) is 8.94. The van der Waals surface area contributed by atoms with Crippen molar-refractivity contribution in [2.24, 2.45) is 0 Å². The summed E-state index contributed by atoms with van der Waals surface area (Å²) in [5, 5.41) is 19.0. The van der Waals surface area contributed by atoms with Gasteiger partial charge in [0.05, 0.1) is 17.7 Å². The number of aliphatic hydroxyl groups excluding tert-OH is 1. The largest absolute Gasteiger partial charge is 0.388 e. The Bertz CT molecular complexity index is 459. The van der Waals surface area contributed by atoms with E-state index in [9.17, 15) is 19.7 Å². The first-order chi connectivity index (χ1) is 11.0. The summed E-state index contributed by atoms with van der Waals surface area (Å²) in [6.07, 6.45) is -0.965. The van der Waals surface area contributed by atoms with E-state index in [2.05, 4.69) is 0 Å². The van der Waals surface area contributed by atoms with Crippen molar-refractivity contribution in [1.29, 1.82) is 0 Å². The van der Waals surface area contributed by atoms with Crippen LogP contribution in [0.1, 0.15) is 53.4 Å². The number of rotatable bonds is 9. The molecule has 1 fully saturated rings. The quantitative estimate of drug-likeness (QED) is 0.413. The third-order valence-corrected chi connectivity index (χ3v) is 7.60. The number of methoxy groups -OCH3 is 1. The lowest BCUT2D eigenvalue weighted by atomic mass is 9.89. The second-order valence-electron chi connectivity index (χ2n) is 6.88. The van der Waals surface area contributed by atoms with Gasteiger partial charge in [0.1, 0.15) is 20.1 Å². The first-order valence-electron chi connectivity index (χ1n) is 8.61. The van der Waals surface area contributed by atoms with Gasteiger partial charge in [-0.25, -0.2) is 0 Å². The van der Waals surface area contributed by atoms with Gasteiger partial charge in [-0.15, -0.1) is 0 Å². The first kappa shape index (κ1) is 22.1. The van der Waals surface area contributed by atoms with E-state index in [4.69, 9.17) is 14.0 Å². The lowest BCUT2D eigenvalue weighted by Gasteiger charge is -2.38. The van der Waals surface area contributed by atoms with Crippen molar-refractivity contribution in [3.8, 4) is 0 Å². The molecule has 7 nitrogen and oxygen atoms in total. The fourth-order valence-corrected chi connectivity index (χ4v) is 4.90. The second kappa shape index (κ2) is 8.17. The Labute approximate surface area is 145 Å². The molecule has 1 saturated heterocycles. The van der Waals surface area contributed by atoms with Gasteiger partial charge >= 0.3 is 7.60 Å². The fraction of sp³-hybridized carbons (Fsp3) is 1.00. The highest BCUT2D eigenvalue weighted by atomic mass is 31.2. The Kier molecular flexibility index (Phi) is 7.52. The Hall–Kier alpha value is 0.0549. The molecule has 0 aromatic carbocycles. The maximum Gasteiger partial charge on any atom is 0.359 e. The van der Waals surface area contributed by atoms with Crippen LogP contribution >= 0.6 is 7.60 Å². The highest BCUT2D eigenvalue weighted by Gasteiger charge is 2.51. The van der Waals surface area contributed by atoms with Crippen LogP contribution < -0.4 is 0 Å². The van der Waals surface area contributed by atoms with Gasteiger partial charge in [-0.3, -0.25) is 4.57 Å². The lowest BCUT2D eigenvalue weighted by Crippen LogP contribution is -2.41. The van der Waals surface area contributed by atoms with Crippen molar-refractivity contribution in [2.45, 2.75) is 88.6 Å². The Balaban J connectivity index is 2.93. The molecule has 2 unspecified atom stereocenters. The highest BCUT2D eigenvalue weighted by molar-refractivity contribution is 7.54. The van der Waals surface area contributed by atoms with E-state index >= 15 is 0 Å². The molecule has 6 atom stereocenters. The maximum atomic E-state index is 12.7. The van der Waals surface area contributed by atoms with E-state index in [-0.39, 0.29) is 25.3 Å². The van der Waals surface area contributed by atoms with Crippen molar-refractivity contribution >= 4 is 15.4 Å². The average molecular weight is 366 g/mol. The minimum atomic E-state index is -4.28. The van der Waals surface area contributed by atoms with Crippen LogP contribution in [0, 0.1) is 0 Å². The predicted octanol–water partition coefficient (Wildman–Crippen LogP) is 0.990. The summed E-state index contributed by atoms with van der Waals surface area (Å²) >= 11 is 0. The summed E-state index contributed by atoms with van der Waals surface area (Å²) in [5.41, 5.74) is -1.02. The van der Waals surface area contributed by atoms with Crippen LogP contribution in [0.2, 0.25) is 0 Å². The first-order valence-corrected chi connectivity index (χ1v) is 10.2. The van der Waals surface area contributed by atoms with Gasteiger partial charge in [0, 0.05) is 13.5 Å². The monoisotopic (exact) mass is 366 g/mol. The van der Waals surface area contributed by atoms with E-state index in [1.54, 1.807) is 20.8 Å². The standard InChI is InChI=1S/C15H32BO7P/c1-6-14(4,23-24(19,20)15(18,7-2)8-3)9-10-11(17)12(21-5)13(16)22-10/h10-13,17-18H,6-9,16H2,1-5H3,(H,19,20)/t10-,11-,12-,13-,14?/m1/s1.